The Morgan fingerprint density at radius 1 is 0.857 bits per heavy atom. The van der Waals surface area contributed by atoms with Gasteiger partial charge in [0, 0.05) is 12.6 Å². The maximum atomic E-state index is 13.1. The highest BCUT2D eigenvalue weighted by molar-refractivity contribution is 7.89. The van der Waals surface area contributed by atoms with E-state index in [4.69, 9.17) is 4.74 Å². The molecule has 0 aliphatic heterocycles. The van der Waals surface area contributed by atoms with E-state index in [1.54, 1.807) is 54.6 Å². The summed E-state index contributed by atoms with van der Waals surface area (Å²) in [5, 5.41) is 12.0. The lowest BCUT2D eigenvalue weighted by Gasteiger charge is -2.32. The van der Waals surface area contributed by atoms with Crippen LogP contribution in [0.2, 0.25) is 0 Å². The minimum atomic E-state index is -4.05. The summed E-state index contributed by atoms with van der Waals surface area (Å²) in [7, 11) is -2.67. The molecule has 222 valence electrons. The molecule has 0 aliphatic carbocycles. The molecule has 0 radical (unpaired) electrons. The standard InChI is InChI=1S/C30H33N3O8S/c1-30(2,29(37)38)18-26(33(3)28(36)21-10-6-4-7-11-21)27(35)31-19-22(34)20-32-42(39,40)25-16-14-24(15-17-25)41-23-12-8-5-9-13-23/h4-17,26,32H,18-20H2,1-3H3,(H,31,35)(H,37,38)/t26-/m0/s1. The molecule has 3 N–H and O–H groups in total. The number of carboxylic acids is 1. The van der Waals surface area contributed by atoms with Crippen LogP contribution in [-0.2, 0) is 24.4 Å². The van der Waals surface area contributed by atoms with Crippen molar-refractivity contribution in [2.45, 2.75) is 31.2 Å². The topological polar surface area (TPSA) is 159 Å². The zero-order chi connectivity index (χ0) is 30.9. The van der Waals surface area contributed by atoms with Crippen LogP contribution in [0.5, 0.6) is 11.5 Å². The molecule has 2 amide bonds. The van der Waals surface area contributed by atoms with E-state index in [1.165, 1.54) is 45.2 Å². The molecule has 0 unspecified atom stereocenters. The number of benzene rings is 3. The van der Waals surface area contributed by atoms with Crippen LogP contribution >= 0.6 is 0 Å². The number of carboxylic acid groups (broad SMARTS) is 1. The lowest BCUT2D eigenvalue weighted by atomic mass is 9.85. The zero-order valence-corrected chi connectivity index (χ0v) is 24.3. The highest BCUT2D eigenvalue weighted by Gasteiger charge is 2.37. The van der Waals surface area contributed by atoms with Crippen molar-refractivity contribution in [3.8, 4) is 11.5 Å². The number of Topliss-reactive ketones (excluding diaryl/α,β-unsaturated/α-hetero) is 1. The van der Waals surface area contributed by atoms with Gasteiger partial charge in [0.05, 0.1) is 23.4 Å². The lowest BCUT2D eigenvalue weighted by molar-refractivity contribution is -0.148. The van der Waals surface area contributed by atoms with Crippen LogP contribution in [0.4, 0.5) is 0 Å². The Kier molecular flexibility index (Phi) is 10.6. The van der Waals surface area contributed by atoms with Gasteiger partial charge in [0.1, 0.15) is 17.5 Å². The molecule has 0 saturated carbocycles. The quantitative estimate of drug-likeness (QED) is 0.256. The average Bonchev–Trinajstić information content (AvgIpc) is 2.98. The van der Waals surface area contributed by atoms with Crippen LogP contribution in [0, 0.1) is 5.41 Å². The van der Waals surface area contributed by atoms with E-state index in [9.17, 15) is 32.7 Å². The fourth-order valence-electron chi connectivity index (χ4n) is 3.84. The molecule has 3 rings (SSSR count). The number of para-hydroxylation sites is 1. The third-order valence-electron chi connectivity index (χ3n) is 6.43. The number of carbonyl (C=O) groups is 4. The van der Waals surface area contributed by atoms with Crippen LogP contribution in [0.15, 0.2) is 89.8 Å². The van der Waals surface area contributed by atoms with E-state index in [-0.39, 0.29) is 11.3 Å². The van der Waals surface area contributed by atoms with Crippen LogP contribution < -0.4 is 14.8 Å². The average molecular weight is 596 g/mol. The van der Waals surface area contributed by atoms with E-state index in [2.05, 4.69) is 10.0 Å². The molecule has 0 saturated heterocycles. The third-order valence-corrected chi connectivity index (χ3v) is 7.84. The lowest BCUT2D eigenvalue weighted by Crippen LogP contribution is -2.51. The van der Waals surface area contributed by atoms with Crippen LogP contribution in [0.3, 0.4) is 0 Å². The molecule has 0 aromatic heterocycles. The molecule has 11 nitrogen and oxygen atoms in total. The smallest absolute Gasteiger partial charge is 0.309 e. The van der Waals surface area contributed by atoms with E-state index in [0.29, 0.717) is 17.1 Å². The summed E-state index contributed by atoms with van der Waals surface area (Å²) in [6.45, 7) is 1.71. The van der Waals surface area contributed by atoms with Gasteiger partial charge in [-0.15, -0.1) is 0 Å². The Morgan fingerprint density at radius 2 is 1.40 bits per heavy atom. The highest BCUT2D eigenvalue weighted by Crippen LogP contribution is 2.26. The van der Waals surface area contributed by atoms with Gasteiger partial charge in [0.15, 0.2) is 5.78 Å². The number of amides is 2. The van der Waals surface area contributed by atoms with Crippen LogP contribution in [0.25, 0.3) is 0 Å². The van der Waals surface area contributed by atoms with Gasteiger partial charge in [0.25, 0.3) is 5.91 Å². The van der Waals surface area contributed by atoms with Crippen molar-refractivity contribution in [3.05, 3.63) is 90.5 Å². The molecule has 0 heterocycles. The summed E-state index contributed by atoms with van der Waals surface area (Å²) in [4.78, 5) is 51.4. The summed E-state index contributed by atoms with van der Waals surface area (Å²) in [6.07, 6.45) is -0.228. The molecule has 3 aromatic rings. The van der Waals surface area contributed by atoms with Crippen molar-refractivity contribution in [1.82, 2.24) is 14.9 Å². The van der Waals surface area contributed by atoms with Crippen molar-refractivity contribution < 1.29 is 37.4 Å². The van der Waals surface area contributed by atoms with E-state index in [1.807, 2.05) is 6.07 Å². The first-order valence-electron chi connectivity index (χ1n) is 13.0. The normalized spacial score (nSPS) is 12.2. The van der Waals surface area contributed by atoms with E-state index in [0.717, 1.165) is 4.90 Å². The number of sulfonamides is 1. The molecule has 0 fully saturated rings. The summed E-state index contributed by atoms with van der Waals surface area (Å²) in [6, 6.07) is 21.5. The van der Waals surface area contributed by atoms with Gasteiger partial charge in [-0.3, -0.25) is 19.2 Å². The third kappa shape index (κ3) is 8.72. The van der Waals surface area contributed by atoms with Crippen LogP contribution in [-0.4, -0.2) is 68.2 Å². The molecule has 0 spiro atoms. The Balaban J connectivity index is 1.60. The molecule has 42 heavy (non-hydrogen) atoms. The number of nitrogens with zero attached hydrogens (tertiary/aromatic N) is 1. The fourth-order valence-corrected chi connectivity index (χ4v) is 4.85. The molecular formula is C30H33N3O8S. The number of carbonyl (C=O) groups excluding carboxylic acids is 3. The molecule has 0 bridgehead atoms. The monoisotopic (exact) mass is 595 g/mol. The van der Waals surface area contributed by atoms with E-state index >= 15 is 0 Å². The summed E-state index contributed by atoms with van der Waals surface area (Å²) in [5.74, 6) is -2.05. The van der Waals surface area contributed by atoms with E-state index < -0.39 is 58.1 Å². The number of hydrogen-bond acceptors (Lipinski definition) is 7. The van der Waals surface area contributed by atoms with Crippen molar-refractivity contribution in [1.29, 1.82) is 0 Å². The largest absolute Gasteiger partial charge is 0.481 e. The van der Waals surface area contributed by atoms with Crippen molar-refractivity contribution >= 4 is 33.6 Å². The molecular weight excluding hydrogens is 562 g/mol. The minimum absolute atomic E-state index is 0.0863. The Morgan fingerprint density at radius 3 is 1.98 bits per heavy atom. The van der Waals surface area contributed by atoms with Crippen molar-refractivity contribution in [3.63, 3.8) is 0 Å². The predicted molar refractivity (Wildman–Crippen MR) is 155 cm³/mol. The Labute approximate surface area is 244 Å². The first-order chi connectivity index (χ1) is 19.8. The highest BCUT2D eigenvalue weighted by atomic mass is 32.2. The second-order valence-electron chi connectivity index (χ2n) is 10.2. The Hall–Kier alpha value is -4.55. The number of rotatable bonds is 14. The number of likely N-dealkylation sites (N-methyl/N-ethyl adjacent to an activating group) is 1. The summed E-state index contributed by atoms with van der Waals surface area (Å²) >= 11 is 0. The SMILES string of the molecule is CN(C(=O)c1ccccc1)[C@@H](CC(C)(C)C(=O)O)C(=O)NCC(=O)CNS(=O)(=O)c1ccc(Oc2ccccc2)cc1. The number of ketones is 1. The Bertz CT molecular complexity index is 1510. The molecule has 3 aromatic carbocycles. The molecule has 12 heteroatoms. The van der Waals surface area contributed by atoms with Gasteiger partial charge < -0.3 is 20.1 Å². The number of nitrogens with one attached hydrogen (secondary N) is 2. The molecule has 0 aliphatic rings. The predicted octanol–water partition coefficient (Wildman–Crippen LogP) is 3.08. The van der Waals surface area contributed by atoms with Gasteiger partial charge in [-0.25, -0.2) is 13.1 Å². The maximum absolute atomic E-state index is 13.1. The second kappa shape index (κ2) is 13.9. The van der Waals surface area contributed by atoms with Gasteiger partial charge in [-0.05, 0) is 68.8 Å². The summed E-state index contributed by atoms with van der Waals surface area (Å²) < 4.78 is 33.2. The summed E-state index contributed by atoms with van der Waals surface area (Å²) in [5.41, 5.74) is -1.06. The maximum Gasteiger partial charge on any atom is 0.309 e. The first-order valence-corrected chi connectivity index (χ1v) is 14.5. The van der Waals surface area contributed by atoms with Crippen molar-refractivity contribution in [2.75, 3.05) is 20.1 Å². The first kappa shape index (κ1) is 32.0. The van der Waals surface area contributed by atoms with Gasteiger partial charge >= 0.3 is 5.97 Å². The molecule has 1 atom stereocenters. The fraction of sp³-hybridized carbons (Fsp3) is 0.267. The van der Waals surface area contributed by atoms with Gasteiger partial charge in [-0.2, -0.15) is 0 Å². The minimum Gasteiger partial charge on any atom is -0.481 e. The number of ether oxygens (including phenoxy) is 1. The second-order valence-corrected chi connectivity index (χ2v) is 11.9. The van der Waals surface area contributed by atoms with Gasteiger partial charge in [0.2, 0.25) is 15.9 Å². The zero-order valence-electron chi connectivity index (χ0n) is 23.4. The number of hydrogen-bond donors (Lipinski definition) is 3. The van der Waals surface area contributed by atoms with Crippen molar-refractivity contribution in [2.24, 2.45) is 5.41 Å². The van der Waals surface area contributed by atoms with Gasteiger partial charge in [-0.1, -0.05) is 36.4 Å². The van der Waals surface area contributed by atoms with Crippen LogP contribution in [0.1, 0.15) is 30.6 Å². The number of aliphatic carboxylic acids is 1.